The lowest BCUT2D eigenvalue weighted by atomic mass is 9.92. The van der Waals surface area contributed by atoms with Gasteiger partial charge in [0.15, 0.2) is 0 Å². The maximum Gasteiger partial charge on any atom is 0.312 e. The number of amides is 1. The molecule has 3 heterocycles. The van der Waals surface area contributed by atoms with E-state index in [0.717, 1.165) is 44.6 Å². The second kappa shape index (κ2) is 7.94. The molecule has 0 unspecified atom stereocenters. The Morgan fingerprint density at radius 3 is 2.34 bits per heavy atom. The Balaban J connectivity index is 1.43. The van der Waals surface area contributed by atoms with Crippen molar-refractivity contribution in [2.45, 2.75) is 33.2 Å². The molecule has 2 aliphatic rings. The zero-order valence-corrected chi connectivity index (χ0v) is 16.9. The molecule has 2 aliphatic heterocycles. The van der Waals surface area contributed by atoms with E-state index in [1.807, 2.05) is 29.2 Å². The van der Waals surface area contributed by atoms with E-state index in [-0.39, 0.29) is 16.5 Å². The Kier molecular flexibility index (Phi) is 5.36. The average molecular weight is 397 g/mol. The number of fused-ring (bicyclic) bond motifs is 1. The molecule has 0 spiro atoms. The lowest BCUT2D eigenvalue weighted by Gasteiger charge is -2.21. The Bertz CT molecular complexity index is 907. The number of carbonyl (C=O) groups excluding carboxylic acids is 1. The first-order valence-corrected chi connectivity index (χ1v) is 10.2. The van der Waals surface area contributed by atoms with Gasteiger partial charge in [-0.25, -0.2) is 0 Å². The van der Waals surface area contributed by atoms with Crippen LogP contribution < -0.4 is 5.32 Å². The molecule has 1 N–H and O–H groups in total. The zero-order valence-electron chi connectivity index (χ0n) is 16.9. The maximum absolute atomic E-state index is 12.9. The van der Waals surface area contributed by atoms with Gasteiger partial charge in [0.2, 0.25) is 0 Å². The van der Waals surface area contributed by atoms with E-state index in [1.165, 1.54) is 0 Å². The molecule has 1 amide bonds. The number of hydrogen-bond acceptors (Lipinski definition) is 5. The number of rotatable bonds is 4. The number of nitrogens with zero attached hydrogens (tertiary/aromatic N) is 4. The van der Waals surface area contributed by atoms with Crippen LogP contribution in [0, 0.1) is 35.8 Å². The topological polar surface area (TPSA) is 93.3 Å². The van der Waals surface area contributed by atoms with Crippen molar-refractivity contribution in [2.24, 2.45) is 11.8 Å². The summed E-state index contributed by atoms with van der Waals surface area (Å²) in [5, 5.41) is 18.9. The molecule has 8 heteroatoms. The number of aryl methyl sites for hydroxylation is 1. The molecular formula is C21H27N5O3. The molecule has 2 fully saturated rings. The van der Waals surface area contributed by atoms with Crippen LogP contribution in [0.3, 0.4) is 0 Å². The average Bonchev–Trinajstić information content (AvgIpc) is 3.19. The molecule has 2 saturated heterocycles. The van der Waals surface area contributed by atoms with Crippen molar-refractivity contribution in [1.29, 1.82) is 0 Å². The van der Waals surface area contributed by atoms with E-state index in [2.05, 4.69) is 10.4 Å². The first-order valence-electron chi connectivity index (χ1n) is 10.2. The molecule has 0 aliphatic carbocycles. The molecule has 0 radical (unpaired) electrons. The molecule has 8 nitrogen and oxygen atoms in total. The number of benzene rings is 1. The number of nitrogens with one attached hydrogen (secondary N) is 1. The summed E-state index contributed by atoms with van der Waals surface area (Å²) in [7, 11) is 0. The third-order valence-corrected chi connectivity index (χ3v) is 6.37. The van der Waals surface area contributed by atoms with Crippen LogP contribution >= 0.6 is 0 Å². The quantitative estimate of drug-likeness (QED) is 0.632. The Hall–Kier alpha value is -2.74. The molecule has 2 aromatic rings. The predicted molar refractivity (Wildman–Crippen MR) is 109 cm³/mol. The van der Waals surface area contributed by atoms with Gasteiger partial charge in [-0.1, -0.05) is 12.1 Å². The summed E-state index contributed by atoms with van der Waals surface area (Å²) >= 11 is 0. The Labute approximate surface area is 170 Å². The fraction of sp³-hybridized carbons (Fsp3) is 0.524. The summed E-state index contributed by atoms with van der Waals surface area (Å²) < 4.78 is 1.64. The molecule has 1 aromatic carbocycles. The highest BCUT2D eigenvalue weighted by molar-refractivity contribution is 5.94. The van der Waals surface area contributed by atoms with Crippen molar-refractivity contribution in [3.8, 4) is 0 Å². The van der Waals surface area contributed by atoms with Gasteiger partial charge in [0, 0.05) is 18.7 Å². The number of carbonyl (C=O) groups is 1. The number of aromatic nitrogens is 2. The van der Waals surface area contributed by atoms with Gasteiger partial charge in [-0.2, -0.15) is 5.10 Å². The van der Waals surface area contributed by atoms with Crippen molar-refractivity contribution < 1.29 is 9.72 Å². The van der Waals surface area contributed by atoms with E-state index in [1.54, 1.807) is 18.5 Å². The fourth-order valence-corrected chi connectivity index (χ4v) is 4.64. The molecule has 29 heavy (non-hydrogen) atoms. The summed E-state index contributed by atoms with van der Waals surface area (Å²) in [6.07, 6.45) is 2.14. The van der Waals surface area contributed by atoms with E-state index >= 15 is 0 Å². The third-order valence-electron chi connectivity index (χ3n) is 6.37. The summed E-state index contributed by atoms with van der Waals surface area (Å²) in [6, 6.07) is 7.52. The first-order chi connectivity index (χ1) is 13.9. The third kappa shape index (κ3) is 3.89. The van der Waals surface area contributed by atoms with Crippen LogP contribution in [0.25, 0.3) is 0 Å². The number of nitro groups is 1. The van der Waals surface area contributed by atoms with Crippen LogP contribution in [-0.4, -0.2) is 51.7 Å². The van der Waals surface area contributed by atoms with Crippen LogP contribution in [0.4, 0.5) is 5.69 Å². The molecule has 2 atom stereocenters. The first kappa shape index (κ1) is 19.6. The van der Waals surface area contributed by atoms with Crippen molar-refractivity contribution in [1.82, 2.24) is 20.0 Å². The maximum atomic E-state index is 12.9. The van der Waals surface area contributed by atoms with Gasteiger partial charge in [-0.05, 0) is 69.3 Å². The van der Waals surface area contributed by atoms with Gasteiger partial charge in [-0.15, -0.1) is 0 Å². The van der Waals surface area contributed by atoms with Gasteiger partial charge in [0.1, 0.15) is 11.4 Å². The van der Waals surface area contributed by atoms with Crippen LogP contribution in [0.1, 0.15) is 40.2 Å². The Morgan fingerprint density at radius 1 is 1.17 bits per heavy atom. The summed E-state index contributed by atoms with van der Waals surface area (Å²) in [4.78, 5) is 25.7. The van der Waals surface area contributed by atoms with Crippen molar-refractivity contribution >= 4 is 11.6 Å². The molecule has 0 saturated carbocycles. The van der Waals surface area contributed by atoms with Crippen molar-refractivity contribution in [2.75, 3.05) is 26.2 Å². The van der Waals surface area contributed by atoms with Crippen molar-refractivity contribution in [3.05, 3.63) is 56.9 Å². The van der Waals surface area contributed by atoms with Crippen LogP contribution in [0.15, 0.2) is 24.3 Å². The van der Waals surface area contributed by atoms with Crippen LogP contribution in [0.5, 0.6) is 0 Å². The van der Waals surface area contributed by atoms with E-state index in [0.29, 0.717) is 35.3 Å². The SMILES string of the molecule is Cc1nn(Cc2ccc(C(=O)N3CC[C@@H]4CNC[C@@H]4CC3)cc2)c(C)c1[N+](=O)[O-]. The van der Waals surface area contributed by atoms with Gasteiger partial charge < -0.3 is 10.2 Å². The second-order valence-corrected chi connectivity index (χ2v) is 8.18. The van der Waals surface area contributed by atoms with Gasteiger partial charge in [0.05, 0.1) is 11.5 Å². The minimum absolute atomic E-state index is 0.0675. The highest BCUT2D eigenvalue weighted by Crippen LogP contribution is 2.28. The zero-order chi connectivity index (χ0) is 20.5. The molecule has 4 rings (SSSR count). The minimum Gasteiger partial charge on any atom is -0.339 e. The highest BCUT2D eigenvalue weighted by Gasteiger charge is 2.31. The van der Waals surface area contributed by atoms with Gasteiger partial charge in [0.25, 0.3) is 5.91 Å². The number of hydrogen-bond donors (Lipinski definition) is 1. The lowest BCUT2D eigenvalue weighted by Crippen LogP contribution is -2.32. The van der Waals surface area contributed by atoms with Gasteiger partial charge >= 0.3 is 5.69 Å². The van der Waals surface area contributed by atoms with Crippen LogP contribution in [0.2, 0.25) is 0 Å². The van der Waals surface area contributed by atoms with Crippen LogP contribution in [-0.2, 0) is 6.54 Å². The monoisotopic (exact) mass is 397 g/mol. The van der Waals surface area contributed by atoms with E-state index in [4.69, 9.17) is 0 Å². The van der Waals surface area contributed by atoms with E-state index < -0.39 is 0 Å². The normalized spacial score (nSPS) is 21.7. The van der Waals surface area contributed by atoms with Gasteiger partial charge in [-0.3, -0.25) is 19.6 Å². The highest BCUT2D eigenvalue weighted by atomic mass is 16.6. The summed E-state index contributed by atoms with van der Waals surface area (Å²) in [5.41, 5.74) is 2.67. The molecular weight excluding hydrogens is 370 g/mol. The molecule has 1 aromatic heterocycles. The molecule has 0 bridgehead atoms. The summed E-state index contributed by atoms with van der Waals surface area (Å²) in [6.45, 7) is 7.58. The summed E-state index contributed by atoms with van der Waals surface area (Å²) in [5.74, 6) is 1.48. The largest absolute Gasteiger partial charge is 0.339 e. The standard InChI is InChI=1S/C21H27N5O3/c1-14-20(26(28)29)15(2)25(23-14)13-16-3-5-17(6-4-16)21(27)24-9-7-18-11-22-12-19(18)8-10-24/h3-6,18-19,22H,7-13H2,1-2H3/t18-,19+. The fourth-order valence-electron chi connectivity index (χ4n) is 4.64. The smallest absolute Gasteiger partial charge is 0.312 e. The lowest BCUT2D eigenvalue weighted by molar-refractivity contribution is -0.386. The minimum atomic E-state index is -0.388. The van der Waals surface area contributed by atoms with E-state index in [9.17, 15) is 14.9 Å². The predicted octanol–water partition coefficient (Wildman–Crippen LogP) is 2.53. The number of likely N-dealkylation sites (tertiary alicyclic amines) is 1. The molecule has 154 valence electrons. The van der Waals surface area contributed by atoms with Crippen molar-refractivity contribution in [3.63, 3.8) is 0 Å². The second-order valence-electron chi connectivity index (χ2n) is 8.18. The Morgan fingerprint density at radius 2 is 1.79 bits per heavy atom.